The molecule has 0 radical (unpaired) electrons. The van der Waals surface area contributed by atoms with Crippen molar-refractivity contribution >= 4 is 27.3 Å². The minimum atomic E-state index is 0.525. The summed E-state index contributed by atoms with van der Waals surface area (Å²) in [5.41, 5.74) is 2.24. The first-order valence-electron chi connectivity index (χ1n) is 6.48. The van der Waals surface area contributed by atoms with Crippen molar-refractivity contribution in [3.8, 4) is 0 Å². The van der Waals surface area contributed by atoms with Crippen molar-refractivity contribution in [2.75, 3.05) is 0 Å². The third-order valence-electron chi connectivity index (χ3n) is 3.00. The number of hydrogen-bond acceptors (Lipinski definition) is 3. The van der Waals surface area contributed by atoms with Gasteiger partial charge in [0.05, 0.1) is 22.4 Å². The van der Waals surface area contributed by atoms with Crippen LogP contribution in [0.25, 0.3) is 0 Å². The number of rotatable bonds is 5. The van der Waals surface area contributed by atoms with Gasteiger partial charge >= 0.3 is 0 Å². The molecule has 0 aliphatic carbocycles. The Hall–Kier alpha value is -0.650. The lowest BCUT2D eigenvalue weighted by Gasteiger charge is -2.05. The predicted molar refractivity (Wildman–Crippen MR) is 84.8 cm³/mol. The fourth-order valence-electron chi connectivity index (χ4n) is 1.88. The molecule has 5 heteroatoms. The number of hydrogen-bond donors (Lipinski definition) is 1. The molecule has 2 aromatic rings. The molecule has 0 saturated carbocycles. The monoisotopic (exact) mass is 341 g/mol. The summed E-state index contributed by atoms with van der Waals surface area (Å²) in [6, 6.07) is 4.93. The van der Waals surface area contributed by atoms with Crippen LogP contribution in [-0.4, -0.2) is 15.8 Å². The molecule has 19 heavy (non-hydrogen) atoms. The van der Waals surface area contributed by atoms with E-state index < -0.39 is 0 Å². The van der Waals surface area contributed by atoms with Gasteiger partial charge in [0, 0.05) is 22.3 Å². The molecule has 0 aliphatic rings. The van der Waals surface area contributed by atoms with Crippen LogP contribution >= 0.6 is 27.3 Å². The third-order valence-corrected chi connectivity index (χ3v) is 5.22. The first kappa shape index (κ1) is 14.8. The molecule has 0 atom stereocenters. The van der Waals surface area contributed by atoms with Gasteiger partial charge in [-0.05, 0) is 41.9 Å². The minimum absolute atomic E-state index is 0.525. The van der Waals surface area contributed by atoms with Gasteiger partial charge < -0.3 is 5.32 Å². The number of nitrogens with one attached hydrogen (secondary N) is 1. The SMILES string of the molecule is Cc1nn(Cc2ccc(CNC(C)C)s2)c(C)c1Br. The predicted octanol–water partition coefficient (Wildman–Crippen LogP) is 3.87. The lowest BCUT2D eigenvalue weighted by molar-refractivity contribution is 0.593. The Balaban J connectivity index is 2.05. The van der Waals surface area contributed by atoms with Gasteiger partial charge in [-0.15, -0.1) is 11.3 Å². The summed E-state index contributed by atoms with van der Waals surface area (Å²) in [7, 11) is 0. The summed E-state index contributed by atoms with van der Waals surface area (Å²) < 4.78 is 3.18. The molecule has 0 aromatic carbocycles. The fraction of sp³-hybridized carbons (Fsp3) is 0.500. The van der Waals surface area contributed by atoms with Crippen LogP contribution in [0.3, 0.4) is 0 Å². The van der Waals surface area contributed by atoms with Crippen LogP contribution in [0.1, 0.15) is 35.0 Å². The van der Waals surface area contributed by atoms with E-state index in [0.29, 0.717) is 6.04 Å². The zero-order chi connectivity index (χ0) is 14.0. The van der Waals surface area contributed by atoms with E-state index in [-0.39, 0.29) is 0 Å². The molecule has 0 spiro atoms. The summed E-state index contributed by atoms with van der Waals surface area (Å²) >= 11 is 5.42. The van der Waals surface area contributed by atoms with Crippen LogP contribution in [0.15, 0.2) is 16.6 Å². The van der Waals surface area contributed by atoms with E-state index in [9.17, 15) is 0 Å². The molecule has 0 unspecified atom stereocenters. The van der Waals surface area contributed by atoms with Gasteiger partial charge in [0.2, 0.25) is 0 Å². The zero-order valence-corrected chi connectivity index (χ0v) is 14.2. The second-order valence-electron chi connectivity index (χ2n) is 5.05. The molecular weight excluding hydrogens is 322 g/mol. The van der Waals surface area contributed by atoms with Crippen LogP contribution in [0.5, 0.6) is 0 Å². The van der Waals surface area contributed by atoms with Gasteiger partial charge in [0.25, 0.3) is 0 Å². The maximum atomic E-state index is 4.55. The Kier molecular flexibility index (Phi) is 4.81. The zero-order valence-electron chi connectivity index (χ0n) is 11.8. The molecule has 2 heterocycles. The van der Waals surface area contributed by atoms with Crippen molar-refractivity contribution in [3.63, 3.8) is 0 Å². The van der Waals surface area contributed by atoms with Crippen molar-refractivity contribution in [2.24, 2.45) is 0 Å². The first-order valence-corrected chi connectivity index (χ1v) is 8.08. The molecule has 0 saturated heterocycles. The minimum Gasteiger partial charge on any atom is -0.310 e. The highest BCUT2D eigenvalue weighted by Gasteiger charge is 2.10. The summed E-state index contributed by atoms with van der Waals surface area (Å²) in [6.07, 6.45) is 0. The summed E-state index contributed by atoms with van der Waals surface area (Å²) in [6.45, 7) is 10.3. The normalized spacial score (nSPS) is 11.5. The van der Waals surface area contributed by atoms with Gasteiger partial charge in [-0.2, -0.15) is 5.10 Å². The van der Waals surface area contributed by atoms with Crippen LogP contribution in [0, 0.1) is 13.8 Å². The average Bonchev–Trinajstić information content (AvgIpc) is 2.89. The second-order valence-corrected chi connectivity index (χ2v) is 7.09. The summed E-state index contributed by atoms with van der Waals surface area (Å²) in [5.74, 6) is 0. The Labute approximate surface area is 127 Å². The lowest BCUT2D eigenvalue weighted by Crippen LogP contribution is -2.21. The first-order chi connectivity index (χ1) is 8.97. The van der Waals surface area contributed by atoms with Gasteiger partial charge in [-0.3, -0.25) is 4.68 Å². The fourth-order valence-corrected chi connectivity index (χ4v) is 3.12. The Morgan fingerprint density at radius 1 is 1.32 bits per heavy atom. The van der Waals surface area contributed by atoms with E-state index in [2.05, 4.69) is 63.9 Å². The van der Waals surface area contributed by atoms with Crippen LogP contribution in [0.2, 0.25) is 0 Å². The van der Waals surface area contributed by atoms with Gasteiger partial charge in [0.1, 0.15) is 0 Å². The molecule has 2 rings (SSSR count). The van der Waals surface area contributed by atoms with E-state index in [4.69, 9.17) is 0 Å². The smallest absolute Gasteiger partial charge is 0.0755 e. The van der Waals surface area contributed by atoms with E-state index in [1.807, 2.05) is 18.3 Å². The Bertz CT molecular complexity index is 557. The number of nitrogens with zero attached hydrogens (tertiary/aromatic N) is 2. The number of aromatic nitrogens is 2. The number of thiophene rings is 1. The van der Waals surface area contributed by atoms with Crippen molar-refractivity contribution in [1.82, 2.24) is 15.1 Å². The molecule has 1 N–H and O–H groups in total. The highest BCUT2D eigenvalue weighted by Crippen LogP contribution is 2.23. The number of aryl methyl sites for hydroxylation is 1. The largest absolute Gasteiger partial charge is 0.310 e. The van der Waals surface area contributed by atoms with E-state index in [1.165, 1.54) is 15.4 Å². The van der Waals surface area contributed by atoms with Crippen LogP contribution < -0.4 is 5.32 Å². The Morgan fingerprint density at radius 3 is 2.58 bits per heavy atom. The standard InChI is InChI=1S/C14H20BrN3S/c1-9(2)16-7-12-5-6-13(19-12)8-18-11(4)14(15)10(3)17-18/h5-6,9,16H,7-8H2,1-4H3. The van der Waals surface area contributed by atoms with Gasteiger partial charge in [0.15, 0.2) is 0 Å². The lowest BCUT2D eigenvalue weighted by atomic mass is 10.3. The van der Waals surface area contributed by atoms with Crippen molar-refractivity contribution in [1.29, 1.82) is 0 Å². The summed E-state index contributed by atoms with van der Waals surface area (Å²) in [4.78, 5) is 2.72. The molecular formula is C14H20BrN3S. The van der Waals surface area contributed by atoms with E-state index in [1.54, 1.807) is 0 Å². The topological polar surface area (TPSA) is 29.9 Å². The quantitative estimate of drug-likeness (QED) is 0.894. The number of halogens is 1. The molecule has 0 fully saturated rings. The average molecular weight is 342 g/mol. The Morgan fingerprint density at radius 2 is 2.00 bits per heavy atom. The van der Waals surface area contributed by atoms with Gasteiger partial charge in [-0.1, -0.05) is 13.8 Å². The van der Waals surface area contributed by atoms with Crippen molar-refractivity contribution < 1.29 is 0 Å². The van der Waals surface area contributed by atoms with Crippen LogP contribution in [0.4, 0.5) is 0 Å². The maximum absolute atomic E-state index is 4.55. The van der Waals surface area contributed by atoms with Crippen molar-refractivity contribution in [3.05, 3.63) is 37.7 Å². The van der Waals surface area contributed by atoms with E-state index in [0.717, 1.165) is 23.3 Å². The highest BCUT2D eigenvalue weighted by molar-refractivity contribution is 9.10. The third kappa shape index (κ3) is 3.68. The van der Waals surface area contributed by atoms with E-state index >= 15 is 0 Å². The highest BCUT2D eigenvalue weighted by atomic mass is 79.9. The van der Waals surface area contributed by atoms with Gasteiger partial charge in [-0.25, -0.2) is 0 Å². The molecule has 3 nitrogen and oxygen atoms in total. The molecule has 0 amide bonds. The van der Waals surface area contributed by atoms with Crippen molar-refractivity contribution in [2.45, 2.75) is 46.8 Å². The molecule has 104 valence electrons. The molecule has 0 bridgehead atoms. The van der Waals surface area contributed by atoms with Crippen LogP contribution in [-0.2, 0) is 13.1 Å². The maximum Gasteiger partial charge on any atom is 0.0755 e. The second kappa shape index (κ2) is 6.20. The molecule has 0 aliphatic heterocycles. The summed E-state index contributed by atoms with van der Waals surface area (Å²) in [5, 5.41) is 7.99. The molecule has 2 aromatic heterocycles.